The van der Waals surface area contributed by atoms with Gasteiger partial charge >= 0.3 is 0 Å². The van der Waals surface area contributed by atoms with Gasteiger partial charge in [-0.15, -0.1) is 21.5 Å². The molecule has 8 heteroatoms. The standard InChI is InChI=1S/C12H13ClN4O2S/c1-16-7-14-15-11(16)8-6-17(4-5-19-8)12(18)9-2-3-10(13)20-9/h2-3,7-8H,4-6H2,1H3/t8-/m1/s1. The zero-order chi connectivity index (χ0) is 14.1. The number of rotatable bonds is 2. The number of aromatic nitrogens is 3. The summed E-state index contributed by atoms with van der Waals surface area (Å²) in [5.41, 5.74) is 0. The first-order valence-electron chi connectivity index (χ1n) is 6.15. The summed E-state index contributed by atoms with van der Waals surface area (Å²) in [4.78, 5) is 14.8. The van der Waals surface area contributed by atoms with E-state index in [9.17, 15) is 4.79 Å². The van der Waals surface area contributed by atoms with Crippen LogP contribution in [0.15, 0.2) is 18.5 Å². The van der Waals surface area contributed by atoms with Gasteiger partial charge in [-0.25, -0.2) is 0 Å². The Labute approximate surface area is 124 Å². The van der Waals surface area contributed by atoms with E-state index in [4.69, 9.17) is 16.3 Å². The maximum atomic E-state index is 12.4. The molecule has 6 nitrogen and oxygen atoms in total. The highest BCUT2D eigenvalue weighted by molar-refractivity contribution is 7.17. The topological polar surface area (TPSA) is 60.2 Å². The predicted octanol–water partition coefficient (Wildman–Crippen LogP) is 1.74. The Morgan fingerprint density at radius 1 is 1.55 bits per heavy atom. The predicted molar refractivity (Wildman–Crippen MR) is 74.9 cm³/mol. The SMILES string of the molecule is Cn1cnnc1[C@H]1CN(C(=O)c2ccc(Cl)s2)CCO1. The van der Waals surface area contributed by atoms with E-state index >= 15 is 0 Å². The van der Waals surface area contributed by atoms with Gasteiger partial charge in [0.05, 0.1) is 22.4 Å². The summed E-state index contributed by atoms with van der Waals surface area (Å²) in [5, 5.41) is 7.88. The number of hydrogen-bond acceptors (Lipinski definition) is 5. The van der Waals surface area contributed by atoms with E-state index in [-0.39, 0.29) is 12.0 Å². The maximum absolute atomic E-state index is 12.4. The van der Waals surface area contributed by atoms with Crippen LogP contribution in [-0.2, 0) is 11.8 Å². The number of carbonyl (C=O) groups is 1. The fourth-order valence-electron chi connectivity index (χ4n) is 2.16. The van der Waals surface area contributed by atoms with E-state index in [1.165, 1.54) is 11.3 Å². The van der Waals surface area contributed by atoms with E-state index in [0.717, 1.165) is 5.82 Å². The number of carbonyl (C=O) groups excluding carboxylic acids is 1. The lowest BCUT2D eigenvalue weighted by Gasteiger charge is -2.32. The number of amides is 1. The smallest absolute Gasteiger partial charge is 0.264 e. The van der Waals surface area contributed by atoms with Crippen LogP contribution in [0, 0.1) is 0 Å². The van der Waals surface area contributed by atoms with E-state index in [0.29, 0.717) is 28.9 Å². The number of halogens is 1. The zero-order valence-corrected chi connectivity index (χ0v) is 12.4. The molecule has 0 aliphatic carbocycles. The van der Waals surface area contributed by atoms with Crippen molar-refractivity contribution in [3.05, 3.63) is 33.5 Å². The second kappa shape index (κ2) is 5.51. The van der Waals surface area contributed by atoms with E-state index < -0.39 is 0 Å². The van der Waals surface area contributed by atoms with Crippen molar-refractivity contribution in [2.75, 3.05) is 19.7 Å². The molecule has 1 fully saturated rings. The molecule has 20 heavy (non-hydrogen) atoms. The average molecular weight is 313 g/mol. The summed E-state index contributed by atoms with van der Waals surface area (Å²) in [6, 6.07) is 3.49. The van der Waals surface area contributed by atoms with Gasteiger partial charge in [0.2, 0.25) is 0 Å². The van der Waals surface area contributed by atoms with Crippen LogP contribution in [0.25, 0.3) is 0 Å². The van der Waals surface area contributed by atoms with E-state index in [2.05, 4.69) is 10.2 Å². The van der Waals surface area contributed by atoms with Crippen LogP contribution in [0.3, 0.4) is 0 Å². The Bertz CT molecular complexity index is 627. The van der Waals surface area contributed by atoms with Crippen LogP contribution in [-0.4, -0.2) is 45.3 Å². The van der Waals surface area contributed by atoms with E-state index in [1.807, 2.05) is 7.05 Å². The van der Waals surface area contributed by atoms with Gasteiger partial charge in [-0.1, -0.05) is 11.6 Å². The molecule has 1 atom stereocenters. The van der Waals surface area contributed by atoms with Crippen LogP contribution in [0.4, 0.5) is 0 Å². The van der Waals surface area contributed by atoms with Crippen molar-refractivity contribution < 1.29 is 9.53 Å². The lowest BCUT2D eigenvalue weighted by molar-refractivity contribution is -0.0279. The minimum Gasteiger partial charge on any atom is -0.366 e. The third-order valence-corrected chi connectivity index (χ3v) is 4.39. The van der Waals surface area contributed by atoms with Gasteiger partial charge < -0.3 is 14.2 Å². The largest absolute Gasteiger partial charge is 0.366 e. The van der Waals surface area contributed by atoms with Crippen molar-refractivity contribution >= 4 is 28.8 Å². The average Bonchev–Trinajstić information content (AvgIpc) is 3.07. The van der Waals surface area contributed by atoms with Gasteiger partial charge in [0.1, 0.15) is 12.4 Å². The number of ether oxygens (including phenoxy) is 1. The minimum absolute atomic E-state index is 0.0163. The quantitative estimate of drug-likeness (QED) is 0.847. The molecule has 0 spiro atoms. The van der Waals surface area contributed by atoms with E-state index in [1.54, 1.807) is 27.9 Å². The van der Waals surface area contributed by atoms with Crippen molar-refractivity contribution in [2.45, 2.75) is 6.10 Å². The van der Waals surface area contributed by atoms with Crippen molar-refractivity contribution in [3.8, 4) is 0 Å². The molecule has 3 heterocycles. The number of aryl methyl sites for hydroxylation is 1. The molecule has 1 aliphatic rings. The number of morpholine rings is 1. The molecule has 2 aromatic rings. The monoisotopic (exact) mass is 312 g/mol. The molecule has 3 rings (SSSR count). The Morgan fingerprint density at radius 2 is 2.40 bits per heavy atom. The summed E-state index contributed by atoms with van der Waals surface area (Å²) >= 11 is 7.17. The van der Waals surface area contributed by atoms with Crippen LogP contribution < -0.4 is 0 Å². The van der Waals surface area contributed by atoms with Crippen molar-refractivity contribution in [2.24, 2.45) is 7.05 Å². The molecule has 0 unspecified atom stereocenters. The molecular weight excluding hydrogens is 300 g/mol. The third kappa shape index (κ3) is 2.56. The second-order valence-electron chi connectivity index (χ2n) is 4.51. The molecular formula is C12H13ClN4O2S. The number of nitrogens with zero attached hydrogens (tertiary/aromatic N) is 4. The fraction of sp³-hybridized carbons (Fsp3) is 0.417. The van der Waals surface area contributed by atoms with Gasteiger partial charge in [-0.3, -0.25) is 4.79 Å². The molecule has 1 amide bonds. The first-order valence-corrected chi connectivity index (χ1v) is 7.34. The van der Waals surface area contributed by atoms with Crippen molar-refractivity contribution in [3.63, 3.8) is 0 Å². The molecule has 0 bridgehead atoms. The Kier molecular flexibility index (Phi) is 3.73. The highest BCUT2D eigenvalue weighted by Crippen LogP contribution is 2.25. The van der Waals surface area contributed by atoms with Crippen molar-refractivity contribution in [1.82, 2.24) is 19.7 Å². The fourth-order valence-corrected chi connectivity index (χ4v) is 3.17. The zero-order valence-electron chi connectivity index (χ0n) is 10.8. The first-order chi connectivity index (χ1) is 9.65. The van der Waals surface area contributed by atoms with Gasteiger partial charge in [-0.2, -0.15) is 0 Å². The van der Waals surface area contributed by atoms with Gasteiger partial charge in [0.25, 0.3) is 5.91 Å². The molecule has 0 radical (unpaired) electrons. The third-order valence-electron chi connectivity index (χ3n) is 3.17. The minimum atomic E-state index is -0.240. The maximum Gasteiger partial charge on any atom is 0.264 e. The lowest BCUT2D eigenvalue weighted by Crippen LogP contribution is -2.42. The summed E-state index contributed by atoms with van der Waals surface area (Å²) in [5.74, 6) is 0.712. The molecule has 2 aromatic heterocycles. The lowest BCUT2D eigenvalue weighted by atomic mass is 10.2. The molecule has 1 saturated heterocycles. The van der Waals surface area contributed by atoms with Crippen LogP contribution in [0.2, 0.25) is 4.34 Å². The van der Waals surface area contributed by atoms with Crippen LogP contribution in [0.5, 0.6) is 0 Å². The number of thiophene rings is 1. The highest BCUT2D eigenvalue weighted by atomic mass is 35.5. The van der Waals surface area contributed by atoms with Gasteiger partial charge in [0, 0.05) is 13.6 Å². The molecule has 1 aliphatic heterocycles. The highest BCUT2D eigenvalue weighted by Gasteiger charge is 2.29. The first kappa shape index (κ1) is 13.5. The summed E-state index contributed by atoms with van der Waals surface area (Å²) in [7, 11) is 1.86. The van der Waals surface area contributed by atoms with Crippen LogP contribution in [0.1, 0.15) is 21.6 Å². The van der Waals surface area contributed by atoms with Gasteiger partial charge in [-0.05, 0) is 12.1 Å². The summed E-state index contributed by atoms with van der Waals surface area (Å²) in [6.07, 6.45) is 1.38. The normalized spacial score (nSPS) is 19.3. The Morgan fingerprint density at radius 3 is 3.05 bits per heavy atom. The molecule has 106 valence electrons. The van der Waals surface area contributed by atoms with Crippen molar-refractivity contribution in [1.29, 1.82) is 0 Å². The Hall–Kier alpha value is -1.44. The summed E-state index contributed by atoms with van der Waals surface area (Å²) in [6.45, 7) is 1.53. The van der Waals surface area contributed by atoms with Gasteiger partial charge in [0.15, 0.2) is 5.82 Å². The Balaban J connectivity index is 1.75. The van der Waals surface area contributed by atoms with Crippen LogP contribution >= 0.6 is 22.9 Å². The summed E-state index contributed by atoms with van der Waals surface area (Å²) < 4.78 is 8.11. The second-order valence-corrected chi connectivity index (χ2v) is 6.23. The molecule has 0 aromatic carbocycles. The molecule has 0 saturated carbocycles. The number of hydrogen-bond donors (Lipinski definition) is 0. The molecule has 0 N–H and O–H groups in total.